The molecule has 2 aliphatic heterocycles. The molecule has 176 valence electrons. The molecule has 3 aromatic rings. The van der Waals surface area contributed by atoms with E-state index in [0.29, 0.717) is 18.1 Å². The van der Waals surface area contributed by atoms with E-state index in [1.54, 1.807) is 6.07 Å². The number of halogens is 2. The standard InChI is InChI=1S/C26H30BrFN2O3/c1-26(2)16-18-13-19(27)14-23(25(18)32-26)31-12-4-3-9-30-10-7-17(8-11-30)24-21-6-5-20(28)15-22(21)33-29-24/h5-6,13-15,17H,3-4,7-12,16H2,1-2H3. The number of unbranched alkanes of at least 4 members (excludes halogenated alkanes) is 1. The number of hydrogen-bond donors (Lipinski definition) is 0. The van der Waals surface area contributed by atoms with E-state index in [1.165, 1.54) is 17.7 Å². The number of fused-ring (bicyclic) bond motifs is 2. The summed E-state index contributed by atoms with van der Waals surface area (Å²) in [6, 6.07) is 8.82. The van der Waals surface area contributed by atoms with Crippen molar-refractivity contribution in [2.45, 2.75) is 57.5 Å². The summed E-state index contributed by atoms with van der Waals surface area (Å²) in [6.07, 6.45) is 5.10. The van der Waals surface area contributed by atoms with Crippen molar-refractivity contribution in [2.75, 3.05) is 26.2 Å². The number of nitrogens with zero attached hydrogens (tertiary/aromatic N) is 2. The molecule has 0 atom stereocenters. The van der Waals surface area contributed by atoms with Gasteiger partial charge in [0.25, 0.3) is 0 Å². The van der Waals surface area contributed by atoms with E-state index in [9.17, 15) is 4.39 Å². The molecule has 0 unspecified atom stereocenters. The number of aromatic nitrogens is 1. The van der Waals surface area contributed by atoms with E-state index in [2.05, 4.69) is 45.9 Å². The molecule has 3 heterocycles. The SMILES string of the molecule is CC1(C)Cc2cc(Br)cc(OCCCCN3CCC(c4noc5cc(F)ccc45)CC3)c2O1. The Morgan fingerprint density at radius 2 is 2.00 bits per heavy atom. The Balaban J connectivity index is 1.07. The fourth-order valence-electron chi connectivity index (χ4n) is 5.02. The second-order valence-corrected chi connectivity index (χ2v) is 10.7. The summed E-state index contributed by atoms with van der Waals surface area (Å²) in [5.41, 5.74) is 2.54. The first kappa shape index (κ1) is 22.7. The molecular formula is C26H30BrFN2O3. The van der Waals surface area contributed by atoms with Crippen molar-refractivity contribution >= 4 is 26.9 Å². The highest BCUT2D eigenvalue weighted by Crippen LogP contribution is 2.44. The van der Waals surface area contributed by atoms with Crippen LogP contribution in [0.3, 0.4) is 0 Å². The van der Waals surface area contributed by atoms with E-state index in [0.717, 1.165) is 78.8 Å². The van der Waals surface area contributed by atoms with Crippen LogP contribution in [0.25, 0.3) is 11.0 Å². The third kappa shape index (κ3) is 5.04. The Morgan fingerprint density at radius 1 is 1.18 bits per heavy atom. The third-order valence-corrected chi connectivity index (χ3v) is 7.11. The second-order valence-electron chi connectivity index (χ2n) is 9.81. The molecule has 5 nitrogen and oxygen atoms in total. The third-order valence-electron chi connectivity index (χ3n) is 6.65. The normalized spacial score (nSPS) is 18.4. The summed E-state index contributed by atoms with van der Waals surface area (Å²) in [4.78, 5) is 2.51. The molecule has 5 rings (SSSR count). The van der Waals surface area contributed by atoms with Crippen LogP contribution in [0.5, 0.6) is 11.5 Å². The van der Waals surface area contributed by atoms with E-state index in [1.807, 2.05) is 6.07 Å². The molecule has 0 radical (unpaired) electrons. The highest BCUT2D eigenvalue weighted by Gasteiger charge is 2.33. The van der Waals surface area contributed by atoms with Crippen molar-refractivity contribution in [1.29, 1.82) is 0 Å². The minimum Gasteiger partial charge on any atom is -0.490 e. The lowest BCUT2D eigenvalue weighted by Crippen LogP contribution is -2.34. The molecule has 1 fully saturated rings. The number of benzene rings is 2. The van der Waals surface area contributed by atoms with Gasteiger partial charge in [-0.15, -0.1) is 0 Å². The molecule has 7 heteroatoms. The zero-order valence-corrected chi connectivity index (χ0v) is 20.8. The molecule has 0 aliphatic carbocycles. The van der Waals surface area contributed by atoms with Crippen molar-refractivity contribution in [3.63, 3.8) is 0 Å². The first-order valence-electron chi connectivity index (χ1n) is 11.8. The molecule has 0 saturated carbocycles. The average Bonchev–Trinajstić information content (AvgIpc) is 3.32. The number of hydrogen-bond acceptors (Lipinski definition) is 5. The molecule has 2 aliphatic rings. The van der Waals surface area contributed by atoms with Crippen LogP contribution in [0.4, 0.5) is 4.39 Å². The molecule has 1 aromatic heterocycles. The van der Waals surface area contributed by atoms with Crippen molar-refractivity contribution in [3.8, 4) is 11.5 Å². The molecule has 1 saturated heterocycles. The van der Waals surface area contributed by atoms with Crippen molar-refractivity contribution in [1.82, 2.24) is 10.1 Å². The van der Waals surface area contributed by atoms with Crippen LogP contribution in [-0.2, 0) is 6.42 Å². The van der Waals surface area contributed by atoms with Gasteiger partial charge in [-0.1, -0.05) is 21.1 Å². The fraction of sp³-hybridized carbons (Fsp3) is 0.500. The summed E-state index contributed by atoms with van der Waals surface area (Å²) in [5, 5.41) is 5.19. The monoisotopic (exact) mass is 516 g/mol. The maximum atomic E-state index is 13.4. The van der Waals surface area contributed by atoms with Crippen molar-refractivity contribution < 1.29 is 18.4 Å². The van der Waals surface area contributed by atoms with Gasteiger partial charge in [-0.3, -0.25) is 0 Å². The zero-order valence-electron chi connectivity index (χ0n) is 19.2. The smallest absolute Gasteiger partial charge is 0.170 e. The molecule has 2 aromatic carbocycles. The summed E-state index contributed by atoms with van der Waals surface area (Å²) in [5.74, 6) is 1.82. The van der Waals surface area contributed by atoms with Gasteiger partial charge in [-0.2, -0.15) is 0 Å². The van der Waals surface area contributed by atoms with Gasteiger partial charge in [0, 0.05) is 33.8 Å². The first-order valence-corrected chi connectivity index (χ1v) is 12.6. The minimum absolute atomic E-state index is 0.179. The number of ether oxygens (including phenoxy) is 2. The zero-order chi connectivity index (χ0) is 23.0. The quantitative estimate of drug-likeness (QED) is 0.336. The topological polar surface area (TPSA) is 47.7 Å². The van der Waals surface area contributed by atoms with E-state index < -0.39 is 0 Å². The van der Waals surface area contributed by atoms with Gasteiger partial charge in [0.1, 0.15) is 11.4 Å². The number of likely N-dealkylation sites (tertiary alicyclic amines) is 1. The van der Waals surface area contributed by atoms with E-state index in [-0.39, 0.29) is 11.4 Å². The van der Waals surface area contributed by atoms with Crippen LogP contribution in [0.2, 0.25) is 0 Å². The average molecular weight is 517 g/mol. The van der Waals surface area contributed by atoms with Gasteiger partial charge in [0.2, 0.25) is 0 Å². The largest absolute Gasteiger partial charge is 0.490 e. The van der Waals surface area contributed by atoms with Crippen LogP contribution in [0.1, 0.15) is 56.7 Å². The molecule has 0 bridgehead atoms. The lowest BCUT2D eigenvalue weighted by molar-refractivity contribution is 0.131. The summed E-state index contributed by atoms with van der Waals surface area (Å²) in [6.45, 7) is 8.06. The highest BCUT2D eigenvalue weighted by atomic mass is 79.9. The molecule has 0 spiro atoms. The Bertz CT molecular complexity index is 1140. The van der Waals surface area contributed by atoms with Gasteiger partial charge in [-0.25, -0.2) is 4.39 Å². The lowest BCUT2D eigenvalue weighted by atomic mass is 9.91. The molecule has 33 heavy (non-hydrogen) atoms. The van der Waals surface area contributed by atoms with Gasteiger partial charge >= 0.3 is 0 Å². The van der Waals surface area contributed by atoms with Crippen molar-refractivity contribution in [3.05, 3.63) is 51.9 Å². The number of rotatable bonds is 7. The Labute approximate surface area is 202 Å². The van der Waals surface area contributed by atoms with E-state index in [4.69, 9.17) is 14.0 Å². The maximum Gasteiger partial charge on any atom is 0.170 e. The van der Waals surface area contributed by atoms with Crippen LogP contribution < -0.4 is 9.47 Å². The van der Waals surface area contributed by atoms with Crippen LogP contribution in [-0.4, -0.2) is 41.9 Å². The van der Waals surface area contributed by atoms with Gasteiger partial charge in [-0.05, 0) is 83.4 Å². The summed E-state index contributed by atoms with van der Waals surface area (Å²) < 4.78 is 32.0. The Morgan fingerprint density at radius 3 is 2.82 bits per heavy atom. The molecule has 0 N–H and O–H groups in total. The predicted molar refractivity (Wildman–Crippen MR) is 130 cm³/mol. The van der Waals surface area contributed by atoms with Gasteiger partial charge in [0.05, 0.1) is 12.3 Å². The minimum atomic E-state index is -0.287. The van der Waals surface area contributed by atoms with E-state index >= 15 is 0 Å². The second kappa shape index (κ2) is 9.26. The predicted octanol–water partition coefficient (Wildman–Crippen LogP) is 6.48. The Kier molecular flexibility index (Phi) is 6.36. The summed E-state index contributed by atoms with van der Waals surface area (Å²) >= 11 is 3.59. The maximum absolute atomic E-state index is 13.4. The number of piperidine rings is 1. The van der Waals surface area contributed by atoms with Crippen LogP contribution in [0, 0.1) is 5.82 Å². The fourth-order valence-corrected chi connectivity index (χ4v) is 5.51. The summed E-state index contributed by atoms with van der Waals surface area (Å²) in [7, 11) is 0. The first-order chi connectivity index (χ1) is 15.9. The lowest BCUT2D eigenvalue weighted by Gasteiger charge is -2.31. The van der Waals surface area contributed by atoms with Crippen LogP contribution >= 0.6 is 15.9 Å². The highest BCUT2D eigenvalue weighted by molar-refractivity contribution is 9.10. The Hall–Kier alpha value is -2.12. The van der Waals surface area contributed by atoms with Crippen LogP contribution in [0.15, 0.2) is 39.3 Å². The van der Waals surface area contributed by atoms with Crippen molar-refractivity contribution in [2.24, 2.45) is 0 Å². The molecular weight excluding hydrogens is 487 g/mol. The van der Waals surface area contributed by atoms with Gasteiger partial charge in [0.15, 0.2) is 17.1 Å². The molecule has 0 amide bonds. The van der Waals surface area contributed by atoms with Gasteiger partial charge < -0.3 is 18.9 Å².